The maximum absolute atomic E-state index is 10.0. The third-order valence-electron chi connectivity index (χ3n) is 7.67. The van der Waals surface area contributed by atoms with E-state index in [1.165, 1.54) is 27.7 Å². The molecule has 3 aromatic carbocycles. The minimum atomic E-state index is -1.63. The topological polar surface area (TPSA) is 40.8 Å². The van der Waals surface area contributed by atoms with Crippen molar-refractivity contribution in [3.63, 3.8) is 0 Å². The normalized spacial score (nSPS) is 12.0. The molecule has 37 heavy (non-hydrogen) atoms. The van der Waals surface area contributed by atoms with Gasteiger partial charge in [-0.25, -0.2) is 0 Å². The molecule has 2 aromatic heterocycles. The molecule has 0 aliphatic carbocycles. The summed E-state index contributed by atoms with van der Waals surface area (Å²) >= 11 is 0. The lowest BCUT2D eigenvalue weighted by atomic mass is 9.95. The van der Waals surface area contributed by atoms with Crippen molar-refractivity contribution in [3.05, 3.63) is 83.0 Å². The Labute approximate surface area is 221 Å². The molecule has 0 saturated carbocycles. The number of hydrogen-bond donors (Lipinski definition) is 0. The Bertz CT molecular complexity index is 1710. The maximum Gasteiger partial charge on any atom is 0.216 e. The molecule has 4 heteroatoms. The Morgan fingerprint density at radius 2 is 1.62 bits per heavy atom. The fourth-order valence-corrected chi connectivity index (χ4v) is 7.60. The van der Waals surface area contributed by atoms with Gasteiger partial charge in [-0.05, 0) is 41.3 Å². The van der Waals surface area contributed by atoms with Crippen molar-refractivity contribution in [1.82, 2.24) is 0 Å². The molecule has 0 amide bonds. The molecule has 5 aromatic rings. The van der Waals surface area contributed by atoms with Crippen LogP contribution >= 0.6 is 0 Å². The highest BCUT2D eigenvalue weighted by molar-refractivity contribution is 6.89. The van der Waals surface area contributed by atoms with Gasteiger partial charge in [-0.15, -0.1) is 0 Å². The van der Waals surface area contributed by atoms with Crippen LogP contribution in [0.4, 0.5) is 0 Å². The van der Waals surface area contributed by atoms with E-state index in [1.807, 2.05) is 30.3 Å². The largest absolute Gasteiger partial charge is 0.454 e. The van der Waals surface area contributed by atoms with Crippen LogP contribution in [0, 0.1) is 25.2 Å². The average Bonchev–Trinajstić information content (AvgIpc) is 3.24. The first kappa shape index (κ1) is 25.0. The van der Waals surface area contributed by atoms with E-state index < -0.39 is 8.07 Å². The van der Waals surface area contributed by atoms with Crippen molar-refractivity contribution in [3.8, 4) is 28.5 Å². The van der Waals surface area contributed by atoms with Gasteiger partial charge in [0.05, 0.1) is 25.3 Å². The van der Waals surface area contributed by atoms with Crippen LogP contribution in [-0.2, 0) is 7.05 Å². The summed E-state index contributed by atoms with van der Waals surface area (Å²) in [5.74, 6) is 0.455. The SMILES string of the molecule is Cc1ccc2c(oc3c(-c4ccccc4)ccc(C#N)c32)c1-c1cc([Si](C)(C)C)c(C(C)C)c(C)[n+]1C. The zero-order valence-corrected chi connectivity index (χ0v) is 24.2. The number of benzene rings is 3. The second kappa shape index (κ2) is 9.01. The van der Waals surface area contributed by atoms with Gasteiger partial charge in [-0.2, -0.15) is 9.83 Å². The van der Waals surface area contributed by atoms with Gasteiger partial charge >= 0.3 is 0 Å². The van der Waals surface area contributed by atoms with Crippen LogP contribution in [0.1, 0.15) is 42.1 Å². The number of fused-ring (bicyclic) bond motifs is 3. The number of aryl methyl sites for hydroxylation is 1. The van der Waals surface area contributed by atoms with Gasteiger partial charge in [-0.1, -0.05) is 76.0 Å². The van der Waals surface area contributed by atoms with Crippen molar-refractivity contribution in [2.24, 2.45) is 7.05 Å². The monoisotopic (exact) mass is 503 g/mol. The zero-order chi connectivity index (χ0) is 26.6. The first-order valence-corrected chi connectivity index (χ1v) is 16.5. The van der Waals surface area contributed by atoms with E-state index in [-0.39, 0.29) is 0 Å². The Morgan fingerprint density at radius 3 is 2.24 bits per heavy atom. The molecular formula is C33H35N2OSi+. The Morgan fingerprint density at radius 1 is 0.919 bits per heavy atom. The molecule has 0 N–H and O–H groups in total. The maximum atomic E-state index is 10.0. The standard InChI is InChI=1S/C33H35N2OSi/c1-20(2)29-22(4)35(5)27(18-28(29)37(6,7)8)30-21(3)14-16-26-31-24(19-34)15-17-25(32(31)36-33(26)30)23-12-10-9-11-13-23/h9-18,20H,1-8H3/q+1. The lowest BCUT2D eigenvalue weighted by Crippen LogP contribution is -2.47. The number of nitriles is 1. The second-order valence-corrected chi connectivity index (χ2v) is 16.5. The van der Waals surface area contributed by atoms with Gasteiger partial charge in [0.25, 0.3) is 0 Å². The molecule has 186 valence electrons. The first-order chi connectivity index (χ1) is 17.5. The molecule has 0 radical (unpaired) electrons. The average molecular weight is 504 g/mol. The Hall–Kier alpha value is -3.68. The molecule has 0 atom stereocenters. The number of nitrogens with zero attached hydrogens (tertiary/aromatic N) is 2. The number of pyridine rings is 1. The van der Waals surface area contributed by atoms with Gasteiger partial charge in [-0.3, -0.25) is 0 Å². The van der Waals surface area contributed by atoms with Crippen molar-refractivity contribution in [2.45, 2.75) is 53.3 Å². The van der Waals surface area contributed by atoms with E-state index >= 15 is 0 Å². The second-order valence-electron chi connectivity index (χ2n) is 11.5. The van der Waals surface area contributed by atoms with E-state index in [4.69, 9.17) is 4.42 Å². The predicted octanol–water partition coefficient (Wildman–Crippen LogP) is 7.90. The van der Waals surface area contributed by atoms with Gasteiger partial charge in [0, 0.05) is 34.9 Å². The lowest BCUT2D eigenvalue weighted by Gasteiger charge is -2.24. The smallest absolute Gasteiger partial charge is 0.216 e. The van der Waals surface area contributed by atoms with E-state index in [1.54, 1.807) is 0 Å². The van der Waals surface area contributed by atoms with Crippen molar-refractivity contribution in [1.29, 1.82) is 5.26 Å². The molecule has 2 heterocycles. The summed E-state index contributed by atoms with van der Waals surface area (Å²) in [5, 5.41) is 13.4. The summed E-state index contributed by atoms with van der Waals surface area (Å²) in [6.45, 7) is 16.3. The minimum Gasteiger partial charge on any atom is -0.454 e. The quantitative estimate of drug-likeness (QED) is 0.185. The minimum absolute atomic E-state index is 0.455. The third-order valence-corrected chi connectivity index (χ3v) is 9.70. The molecule has 0 saturated heterocycles. The van der Waals surface area contributed by atoms with Crippen molar-refractivity contribution < 1.29 is 8.98 Å². The zero-order valence-electron chi connectivity index (χ0n) is 23.2. The van der Waals surface area contributed by atoms with E-state index in [2.05, 4.69) is 95.4 Å². The van der Waals surface area contributed by atoms with E-state index in [9.17, 15) is 5.26 Å². The Balaban J connectivity index is 1.93. The molecule has 0 aliphatic heterocycles. The molecule has 0 unspecified atom stereocenters. The van der Waals surface area contributed by atoms with Gasteiger partial charge in [0.2, 0.25) is 5.69 Å². The summed E-state index contributed by atoms with van der Waals surface area (Å²) < 4.78 is 9.12. The van der Waals surface area contributed by atoms with Crippen LogP contribution in [0.2, 0.25) is 19.6 Å². The van der Waals surface area contributed by atoms with Crippen LogP contribution in [0.3, 0.4) is 0 Å². The number of furan rings is 1. The van der Waals surface area contributed by atoms with Crippen LogP contribution in [0.15, 0.2) is 65.1 Å². The van der Waals surface area contributed by atoms with Gasteiger partial charge in [0.1, 0.15) is 18.2 Å². The first-order valence-electron chi connectivity index (χ1n) is 13.0. The Kier molecular flexibility index (Phi) is 6.08. The summed E-state index contributed by atoms with van der Waals surface area (Å²) in [5.41, 5.74) is 10.6. The summed E-state index contributed by atoms with van der Waals surface area (Å²) in [6, 6.07) is 23.3. The molecule has 5 rings (SSSR count). The fraction of sp³-hybridized carbons (Fsp3) is 0.273. The third kappa shape index (κ3) is 3.99. The van der Waals surface area contributed by atoms with Crippen LogP contribution in [0.25, 0.3) is 44.3 Å². The van der Waals surface area contributed by atoms with E-state index in [0.717, 1.165) is 38.6 Å². The molecule has 0 bridgehead atoms. The number of aromatic nitrogens is 1. The fourth-order valence-electron chi connectivity index (χ4n) is 5.76. The number of hydrogen-bond acceptors (Lipinski definition) is 2. The lowest BCUT2D eigenvalue weighted by molar-refractivity contribution is -0.667. The summed E-state index contributed by atoms with van der Waals surface area (Å²) in [4.78, 5) is 0. The highest BCUT2D eigenvalue weighted by Gasteiger charge is 2.32. The highest BCUT2D eigenvalue weighted by Crippen LogP contribution is 2.42. The van der Waals surface area contributed by atoms with Gasteiger partial charge < -0.3 is 4.42 Å². The highest BCUT2D eigenvalue weighted by atomic mass is 28.3. The van der Waals surface area contributed by atoms with E-state index in [0.29, 0.717) is 11.5 Å². The van der Waals surface area contributed by atoms with Crippen molar-refractivity contribution >= 4 is 35.2 Å². The summed E-state index contributed by atoms with van der Waals surface area (Å²) in [6.07, 6.45) is 0. The van der Waals surface area contributed by atoms with Crippen LogP contribution in [0.5, 0.6) is 0 Å². The van der Waals surface area contributed by atoms with Gasteiger partial charge in [0.15, 0.2) is 5.69 Å². The summed E-state index contributed by atoms with van der Waals surface area (Å²) in [7, 11) is 0.538. The molecular weight excluding hydrogens is 468 g/mol. The molecule has 0 fully saturated rings. The van der Waals surface area contributed by atoms with Crippen LogP contribution < -0.4 is 9.75 Å². The predicted molar refractivity (Wildman–Crippen MR) is 157 cm³/mol. The number of rotatable bonds is 4. The van der Waals surface area contributed by atoms with Crippen molar-refractivity contribution in [2.75, 3.05) is 0 Å². The molecule has 3 nitrogen and oxygen atoms in total. The molecule has 0 spiro atoms. The van der Waals surface area contributed by atoms with Crippen LogP contribution in [-0.4, -0.2) is 8.07 Å². The molecule has 0 aliphatic rings.